The first-order valence-corrected chi connectivity index (χ1v) is 11.3. The Morgan fingerprint density at radius 3 is 2.42 bits per heavy atom. The molecule has 0 amide bonds. The van der Waals surface area contributed by atoms with Crippen molar-refractivity contribution in [3.63, 3.8) is 0 Å². The Hall–Kier alpha value is -3.82. The first kappa shape index (κ1) is 27.2. The number of aryl methyl sites for hydroxylation is 1. The van der Waals surface area contributed by atoms with Gasteiger partial charge in [-0.1, -0.05) is 0 Å². The van der Waals surface area contributed by atoms with Gasteiger partial charge in [0.2, 0.25) is 0 Å². The number of nitro benzene ring substituents is 1. The minimum atomic E-state index is -4.57. The summed E-state index contributed by atoms with van der Waals surface area (Å²) in [6, 6.07) is 7.06. The van der Waals surface area contributed by atoms with Crippen LogP contribution in [0, 0.1) is 10.1 Å². The molecule has 204 valence electrons. The van der Waals surface area contributed by atoms with Crippen LogP contribution in [0.2, 0.25) is 0 Å². The fourth-order valence-corrected chi connectivity index (χ4v) is 4.58. The molecular weight excluding hydrogens is 513 g/mol. The molecule has 3 aromatic rings. The van der Waals surface area contributed by atoms with Crippen LogP contribution in [0.5, 0.6) is 5.75 Å². The van der Waals surface area contributed by atoms with Crippen molar-refractivity contribution in [3.8, 4) is 5.75 Å². The second-order valence-electron chi connectivity index (χ2n) is 8.83. The van der Waals surface area contributed by atoms with Crippen molar-refractivity contribution in [2.24, 2.45) is 7.05 Å². The van der Waals surface area contributed by atoms with Crippen LogP contribution < -0.4 is 9.64 Å². The Morgan fingerprint density at radius 1 is 1.24 bits per heavy atom. The van der Waals surface area contributed by atoms with Gasteiger partial charge in [-0.15, -0.1) is 10.2 Å². The number of aliphatic hydroxyl groups is 1. The molecule has 1 aliphatic heterocycles. The Labute approximate surface area is 214 Å². The van der Waals surface area contributed by atoms with Gasteiger partial charge < -0.3 is 24.2 Å². The maximum atomic E-state index is 13.3. The van der Waals surface area contributed by atoms with E-state index in [1.807, 2.05) is 0 Å². The second kappa shape index (κ2) is 10.2. The maximum absolute atomic E-state index is 13.3. The molecule has 38 heavy (non-hydrogen) atoms. The molecule has 2 heterocycles. The van der Waals surface area contributed by atoms with E-state index in [4.69, 9.17) is 14.2 Å². The average molecular weight is 538 g/mol. The summed E-state index contributed by atoms with van der Waals surface area (Å²) in [5, 5.41) is 35.3. The molecule has 0 bridgehead atoms. The predicted octanol–water partition coefficient (Wildman–Crippen LogP) is 3.02. The van der Waals surface area contributed by atoms with Gasteiger partial charge in [0.05, 0.1) is 30.1 Å². The van der Waals surface area contributed by atoms with E-state index in [-0.39, 0.29) is 35.1 Å². The normalized spacial score (nSPS) is 21.2. The van der Waals surface area contributed by atoms with Gasteiger partial charge in [-0.25, -0.2) is 0 Å². The Morgan fingerprint density at radius 2 is 1.89 bits per heavy atom. The number of rotatable bonds is 8. The molecule has 1 aromatic heterocycles. The van der Waals surface area contributed by atoms with E-state index in [1.165, 1.54) is 61.2 Å². The van der Waals surface area contributed by atoms with E-state index in [0.717, 1.165) is 12.1 Å². The third-order valence-corrected chi connectivity index (χ3v) is 6.36. The smallest absolute Gasteiger partial charge is 0.416 e. The van der Waals surface area contributed by atoms with Crippen molar-refractivity contribution < 1.29 is 37.4 Å². The summed E-state index contributed by atoms with van der Waals surface area (Å²) >= 11 is 0. The van der Waals surface area contributed by atoms with Crippen molar-refractivity contribution in [2.75, 3.05) is 19.1 Å². The quantitative estimate of drug-likeness (QED) is 0.259. The van der Waals surface area contributed by atoms with Gasteiger partial charge in [0.1, 0.15) is 11.9 Å². The van der Waals surface area contributed by atoms with Crippen LogP contribution in [0.25, 0.3) is 0 Å². The summed E-state index contributed by atoms with van der Waals surface area (Å²) in [5.74, 6) is 0.381. The van der Waals surface area contributed by atoms with Gasteiger partial charge in [0.15, 0.2) is 17.7 Å². The Balaban J connectivity index is 1.92. The standard InChI is InChI=1S/C23H25F3N6O6/c1-22(21(36-3)37-4)20(33)19(16-11-15(32(34)35)9-10-17(16)38-22)31(12-18-27-29-30(2)28-18)14-7-5-13(6-8-14)23(24,25)26/h5-11,19-21,33H,12H2,1-4H3/t19-,20+,22+/m1/s1. The number of methoxy groups -OCH3 is 2. The van der Waals surface area contributed by atoms with Crippen LogP contribution in [0.15, 0.2) is 42.5 Å². The molecule has 3 atom stereocenters. The molecule has 15 heteroatoms. The summed E-state index contributed by atoms with van der Waals surface area (Å²) in [7, 11) is 4.25. The number of halogens is 3. The van der Waals surface area contributed by atoms with E-state index in [2.05, 4.69) is 15.4 Å². The van der Waals surface area contributed by atoms with E-state index in [0.29, 0.717) is 0 Å². The number of hydrogen-bond donors (Lipinski definition) is 1. The molecular formula is C23H25F3N6O6. The van der Waals surface area contributed by atoms with Crippen molar-refractivity contribution in [2.45, 2.75) is 43.7 Å². The highest BCUT2D eigenvalue weighted by Crippen LogP contribution is 2.47. The minimum absolute atomic E-state index is 0.121. The molecule has 1 N–H and O–H groups in total. The van der Waals surface area contributed by atoms with Gasteiger partial charge in [0, 0.05) is 37.6 Å². The third-order valence-electron chi connectivity index (χ3n) is 6.36. The van der Waals surface area contributed by atoms with Crippen LogP contribution >= 0.6 is 0 Å². The number of aromatic nitrogens is 4. The fourth-order valence-electron chi connectivity index (χ4n) is 4.58. The molecule has 12 nitrogen and oxygen atoms in total. The van der Waals surface area contributed by atoms with Crippen molar-refractivity contribution in [1.29, 1.82) is 0 Å². The lowest BCUT2D eigenvalue weighted by Crippen LogP contribution is -2.62. The monoisotopic (exact) mass is 538 g/mol. The number of anilines is 1. The number of benzene rings is 2. The van der Waals surface area contributed by atoms with Crippen LogP contribution in [-0.2, 0) is 29.2 Å². The molecule has 0 spiro atoms. The molecule has 0 unspecified atom stereocenters. The number of nitrogens with zero attached hydrogens (tertiary/aromatic N) is 6. The SMILES string of the molecule is COC(OC)[C@@]1(C)Oc2ccc([N+](=O)[O-])cc2[C@@H](N(Cc2nnn(C)n2)c2ccc(C(F)(F)F)cc2)[C@@H]1O. The van der Waals surface area contributed by atoms with E-state index < -0.39 is 40.7 Å². The summed E-state index contributed by atoms with van der Waals surface area (Å²) in [5.41, 5.74) is -2.21. The van der Waals surface area contributed by atoms with E-state index in [1.54, 1.807) is 7.05 Å². The molecule has 1 aliphatic rings. The summed E-state index contributed by atoms with van der Waals surface area (Å²) in [6.07, 6.45) is -7.13. The van der Waals surface area contributed by atoms with Gasteiger partial charge in [-0.2, -0.15) is 18.0 Å². The third kappa shape index (κ3) is 4.99. The molecule has 0 radical (unpaired) electrons. The highest BCUT2D eigenvalue weighted by molar-refractivity contribution is 5.56. The van der Waals surface area contributed by atoms with Gasteiger partial charge in [-0.3, -0.25) is 10.1 Å². The van der Waals surface area contributed by atoms with E-state index in [9.17, 15) is 28.4 Å². The lowest BCUT2D eigenvalue weighted by Gasteiger charge is -2.49. The molecule has 0 saturated carbocycles. The Kier molecular flexibility index (Phi) is 7.27. The van der Waals surface area contributed by atoms with Crippen molar-refractivity contribution in [1.82, 2.24) is 20.2 Å². The fraction of sp³-hybridized carbons (Fsp3) is 0.435. The highest BCUT2D eigenvalue weighted by Gasteiger charge is 2.54. The Bertz CT molecular complexity index is 1300. The number of tetrazole rings is 1. The number of fused-ring (bicyclic) bond motifs is 1. The predicted molar refractivity (Wildman–Crippen MR) is 125 cm³/mol. The molecule has 0 aliphatic carbocycles. The zero-order valence-electron chi connectivity index (χ0n) is 20.8. The summed E-state index contributed by atoms with van der Waals surface area (Å²) < 4.78 is 56.7. The number of nitro groups is 1. The van der Waals surface area contributed by atoms with Crippen LogP contribution in [0.1, 0.15) is 29.9 Å². The number of hydrogen-bond acceptors (Lipinski definition) is 10. The topological polar surface area (TPSA) is 138 Å². The zero-order valence-corrected chi connectivity index (χ0v) is 20.8. The lowest BCUT2D eigenvalue weighted by molar-refractivity contribution is -0.385. The number of aliphatic hydroxyl groups excluding tert-OH is 1. The summed E-state index contributed by atoms with van der Waals surface area (Å²) in [6.45, 7) is 1.42. The number of non-ortho nitro benzene ring substituents is 1. The molecule has 0 saturated heterocycles. The average Bonchev–Trinajstić information content (AvgIpc) is 3.28. The van der Waals surface area contributed by atoms with Crippen LogP contribution in [0.3, 0.4) is 0 Å². The van der Waals surface area contributed by atoms with Crippen LogP contribution in [-0.4, -0.2) is 62.5 Å². The van der Waals surface area contributed by atoms with Gasteiger partial charge in [-0.05, 0) is 42.5 Å². The minimum Gasteiger partial charge on any atom is -0.479 e. The first-order valence-electron chi connectivity index (χ1n) is 11.3. The molecule has 4 rings (SSSR count). The van der Waals surface area contributed by atoms with Gasteiger partial charge in [0.25, 0.3) is 5.69 Å². The summed E-state index contributed by atoms with van der Waals surface area (Å²) in [4.78, 5) is 13.7. The number of ether oxygens (including phenoxy) is 3. The lowest BCUT2D eigenvalue weighted by atomic mass is 9.83. The second-order valence-corrected chi connectivity index (χ2v) is 8.83. The largest absolute Gasteiger partial charge is 0.479 e. The van der Waals surface area contributed by atoms with Crippen molar-refractivity contribution >= 4 is 11.4 Å². The maximum Gasteiger partial charge on any atom is 0.416 e. The zero-order chi connectivity index (χ0) is 27.8. The van der Waals surface area contributed by atoms with E-state index >= 15 is 0 Å². The molecule has 0 fully saturated rings. The molecule has 2 aromatic carbocycles. The number of alkyl halides is 3. The first-order chi connectivity index (χ1) is 17.9. The van der Waals surface area contributed by atoms with Crippen molar-refractivity contribution in [3.05, 3.63) is 69.5 Å². The highest BCUT2D eigenvalue weighted by atomic mass is 19.4. The van der Waals surface area contributed by atoms with Gasteiger partial charge >= 0.3 is 6.18 Å². The van der Waals surface area contributed by atoms with Crippen LogP contribution in [0.4, 0.5) is 24.5 Å².